The van der Waals surface area contributed by atoms with Crippen molar-refractivity contribution in [3.63, 3.8) is 0 Å². The minimum absolute atomic E-state index is 0.813. The molecule has 1 aromatic rings. The molecule has 1 heterocycles. The van der Waals surface area contributed by atoms with Gasteiger partial charge in [-0.3, -0.25) is 0 Å². The summed E-state index contributed by atoms with van der Waals surface area (Å²) in [6.45, 7) is 4.60. The number of fused-ring (bicyclic) bond motifs is 1. The van der Waals surface area contributed by atoms with Crippen molar-refractivity contribution in [2.75, 3.05) is 13.2 Å². The van der Waals surface area contributed by atoms with Crippen LogP contribution in [0, 0.1) is 0 Å². The topological polar surface area (TPSA) is 21.3 Å². The Balaban J connectivity index is 2.08. The number of halogens is 1. The first kappa shape index (κ1) is 11.7. The van der Waals surface area contributed by atoms with Crippen LogP contribution < -0.4 is 10.1 Å². The Labute approximate surface area is 105 Å². The molecule has 0 spiro atoms. The lowest BCUT2D eigenvalue weighted by atomic mass is 10.1. The number of allylic oxidation sites excluding steroid dienone is 1. The maximum absolute atomic E-state index is 5.66. The molecular formula is C13H16BrNO. The van der Waals surface area contributed by atoms with Crippen molar-refractivity contribution in [2.24, 2.45) is 0 Å². The van der Waals surface area contributed by atoms with E-state index in [4.69, 9.17) is 4.74 Å². The van der Waals surface area contributed by atoms with E-state index in [0.29, 0.717) is 0 Å². The summed E-state index contributed by atoms with van der Waals surface area (Å²) < 4.78 is 6.80. The quantitative estimate of drug-likeness (QED) is 0.677. The Kier molecular flexibility index (Phi) is 4.02. The molecule has 0 atom stereocenters. The molecule has 0 saturated heterocycles. The standard InChI is InChI=1S/C13H16BrNO/c1-2-3-5-15-9-11-8-12(14)7-10-4-6-16-13(10)11/h2-3,7-8,15H,4-6,9H2,1H3/b3-2+. The lowest BCUT2D eigenvalue weighted by Crippen LogP contribution is -2.13. The fourth-order valence-corrected chi connectivity index (χ4v) is 2.44. The molecule has 1 aromatic carbocycles. The number of nitrogens with one attached hydrogen (secondary N) is 1. The maximum atomic E-state index is 5.66. The molecule has 0 unspecified atom stereocenters. The normalized spacial score (nSPS) is 14.1. The van der Waals surface area contributed by atoms with Gasteiger partial charge in [0.15, 0.2) is 0 Å². The first-order chi connectivity index (χ1) is 7.81. The molecule has 16 heavy (non-hydrogen) atoms. The van der Waals surface area contributed by atoms with Gasteiger partial charge >= 0.3 is 0 Å². The first-order valence-corrected chi connectivity index (χ1v) is 6.36. The molecule has 0 amide bonds. The predicted octanol–water partition coefficient (Wildman–Crippen LogP) is 3.05. The van der Waals surface area contributed by atoms with Crippen molar-refractivity contribution in [3.8, 4) is 5.75 Å². The van der Waals surface area contributed by atoms with Crippen LogP contribution in [0.1, 0.15) is 18.1 Å². The predicted molar refractivity (Wildman–Crippen MR) is 69.9 cm³/mol. The molecule has 0 fully saturated rings. The third kappa shape index (κ3) is 2.66. The fraction of sp³-hybridized carbons (Fsp3) is 0.385. The molecule has 2 nitrogen and oxygen atoms in total. The van der Waals surface area contributed by atoms with E-state index in [9.17, 15) is 0 Å². The van der Waals surface area contributed by atoms with Gasteiger partial charge in [-0.05, 0) is 24.6 Å². The highest BCUT2D eigenvalue weighted by Crippen LogP contribution is 2.32. The minimum Gasteiger partial charge on any atom is -0.493 e. The molecule has 0 radical (unpaired) electrons. The molecule has 0 aromatic heterocycles. The van der Waals surface area contributed by atoms with Crippen LogP contribution in [-0.2, 0) is 13.0 Å². The molecule has 0 aliphatic carbocycles. The third-order valence-electron chi connectivity index (χ3n) is 2.64. The van der Waals surface area contributed by atoms with E-state index < -0.39 is 0 Å². The Morgan fingerprint density at radius 3 is 3.19 bits per heavy atom. The van der Waals surface area contributed by atoms with Gasteiger partial charge in [0, 0.05) is 29.5 Å². The van der Waals surface area contributed by atoms with E-state index in [-0.39, 0.29) is 0 Å². The lowest BCUT2D eigenvalue weighted by Gasteiger charge is -2.09. The Morgan fingerprint density at radius 2 is 2.38 bits per heavy atom. The summed E-state index contributed by atoms with van der Waals surface area (Å²) in [5.41, 5.74) is 2.56. The Bertz CT molecular complexity index is 401. The van der Waals surface area contributed by atoms with E-state index in [0.717, 1.165) is 36.3 Å². The number of hydrogen-bond donors (Lipinski definition) is 1. The highest BCUT2D eigenvalue weighted by Gasteiger charge is 2.16. The van der Waals surface area contributed by atoms with Gasteiger partial charge in [-0.1, -0.05) is 28.1 Å². The fourth-order valence-electron chi connectivity index (χ4n) is 1.89. The zero-order chi connectivity index (χ0) is 11.4. The second-order valence-electron chi connectivity index (χ2n) is 3.85. The molecule has 86 valence electrons. The van der Waals surface area contributed by atoms with Crippen LogP contribution >= 0.6 is 15.9 Å². The molecule has 1 aliphatic rings. The molecular weight excluding hydrogens is 266 g/mol. The van der Waals surface area contributed by atoms with E-state index >= 15 is 0 Å². The monoisotopic (exact) mass is 281 g/mol. The van der Waals surface area contributed by atoms with E-state index in [2.05, 4.69) is 45.5 Å². The van der Waals surface area contributed by atoms with Crippen LogP contribution in [0.4, 0.5) is 0 Å². The van der Waals surface area contributed by atoms with Gasteiger partial charge in [0.2, 0.25) is 0 Å². The zero-order valence-electron chi connectivity index (χ0n) is 9.42. The van der Waals surface area contributed by atoms with Crippen LogP contribution in [0.3, 0.4) is 0 Å². The minimum atomic E-state index is 0.813. The van der Waals surface area contributed by atoms with Crippen LogP contribution in [0.5, 0.6) is 5.75 Å². The van der Waals surface area contributed by atoms with Gasteiger partial charge in [-0.15, -0.1) is 0 Å². The summed E-state index contributed by atoms with van der Waals surface area (Å²) >= 11 is 3.54. The van der Waals surface area contributed by atoms with Crippen molar-refractivity contribution in [1.29, 1.82) is 0 Å². The summed E-state index contributed by atoms with van der Waals surface area (Å²) in [7, 11) is 0. The summed E-state index contributed by atoms with van der Waals surface area (Å²) in [6.07, 6.45) is 5.19. The third-order valence-corrected chi connectivity index (χ3v) is 3.10. The molecule has 1 N–H and O–H groups in total. The highest BCUT2D eigenvalue weighted by molar-refractivity contribution is 9.10. The van der Waals surface area contributed by atoms with Gasteiger partial charge < -0.3 is 10.1 Å². The molecule has 1 aliphatic heterocycles. The average molecular weight is 282 g/mol. The molecule has 0 bridgehead atoms. The smallest absolute Gasteiger partial charge is 0.127 e. The second-order valence-corrected chi connectivity index (χ2v) is 4.77. The van der Waals surface area contributed by atoms with Crippen LogP contribution in [-0.4, -0.2) is 13.2 Å². The van der Waals surface area contributed by atoms with Gasteiger partial charge in [-0.25, -0.2) is 0 Å². The van der Waals surface area contributed by atoms with Crippen LogP contribution in [0.25, 0.3) is 0 Å². The summed E-state index contributed by atoms with van der Waals surface area (Å²) in [5.74, 6) is 1.08. The van der Waals surface area contributed by atoms with Crippen molar-refractivity contribution in [1.82, 2.24) is 5.32 Å². The Morgan fingerprint density at radius 1 is 1.50 bits per heavy atom. The second kappa shape index (κ2) is 5.51. The first-order valence-electron chi connectivity index (χ1n) is 5.57. The molecule has 0 saturated carbocycles. The van der Waals surface area contributed by atoms with E-state index in [1.54, 1.807) is 0 Å². The number of ether oxygens (including phenoxy) is 1. The summed E-state index contributed by atoms with van der Waals surface area (Å²) in [4.78, 5) is 0. The van der Waals surface area contributed by atoms with E-state index in [1.165, 1.54) is 11.1 Å². The molecule has 3 heteroatoms. The van der Waals surface area contributed by atoms with Gasteiger partial charge in [0.05, 0.1) is 6.61 Å². The average Bonchev–Trinajstić information content (AvgIpc) is 2.72. The number of hydrogen-bond acceptors (Lipinski definition) is 2. The SMILES string of the molecule is C/C=C/CNCc1cc(Br)cc2c1OCC2. The van der Waals surface area contributed by atoms with Crippen molar-refractivity contribution >= 4 is 15.9 Å². The largest absolute Gasteiger partial charge is 0.493 e. The number of rotatable bonds is 4. The zero-order valence-corrected chi connectivity index (χ0v) is 11.0. The summed E-state index contributed by atoms with van der Waals surface area (Å²) in [5, 5.41) is 3.37. The maximum Gasteiger partial charge on any atom is 0.127 e. The van der Waals surface area contributed by atoms with Crippen molar-refractivity contribution in [2.45, 2.75) is 19.9 Å². The highest BCUT2D eigenvalue weighted by atomic mass is 79.9. The van der Waals surface area contributed by atoms with Gasteiger partial charge in [0.25, 0.3) is 0 Å². The summed E-state index contributed by atoms with van der Waals surface area (Å²) in [6, 6.07) is 4.28. The van der Waals surface area contributed by atoms with Gasteiger partial charge in [0.1, 0.15) is 5.75 Å². The van der Waals surface area contributed by atoms with Crippen LogP contribution in [0.2, 0.25) is 0 Å². The lowest BCUT2D eigenvalue weighted by molar-refractivity contribution is 0.352. The molecule has 2 rings (SSSR count). The number of benzene rings is 1. The van der Waals surface area contributed by atoms with Gasteiger partial charge in [-0.2, -0.15) is 0 Å². The Hall–Kier alpha value is -0.800. The van der Waals surface area contributed by atoms with Crippen molar-refractivity contribution in [3.05, 3.63) is 39.9 Å². The van der Waals surface area contributed by atoms with E-state index in [1.807, 2.05) is 6.92 Å². The van der Waals surface area contributed by atoms with Crippen LogP contribution in [0.15, 0.2) is 28.8 Å². The van der Waals surface area contributed by atoms with Crippen molar-refractivity contribution < 1.29 is 4.74 Å².